The monoisotopic (exact) mass is 294 g/mol. The maximum Gasteiger partial charge on any atom is 0.171 e. The van der Waals surface area contributed by atoms with Crippen LogP contribution in [0.25, 0.3) is 0 Å². The van der Waals surface area contributed by atoms with Crippen molar-refractivity contribution in [3.63, 3.8) is 0 Å². The van der Waals surface area contributed by atoms with E-state index in [1.54, 1.807) is 12.1 Å². The molecular weight excluding hydrogens is 282 g/mol. The van der Waals surface area contributed by atoms with Crippen LogP contribution in [0, 0.1) is 18.6 Å². The Morgan fingerprint density at radius 3 is 2.70 bits per heavy atom. The van der Waals surface area contributed by atoms with Gasteiger partial charge < -0.3 is 10.9 Å². The largest absolute Gasteiger partial charge is 0.409 e. The van der Waals surface area contributed by atoms with Crippen LogP contribution in [0.1, 0.15) is 11.1 Å². The summed E-state index contributed by atoms with van der Waals surface area (Å²) in [4.78, 5) is 0.763. The Morgan fingerprint density at radius 1 is 1.25 bits per heavy atom. The number of oxime groups is 1. The molecule has 2 aromatic rings. The highest BCUT2D eigenvalue weighted by Gasteiger charge is 2.14. The van der Waals surface area contributed by atoms with Gasteiger partial charge in [0.25, 0.3) is 0 Å². The summed E-state index contributed by atoms with van der Waals surface area (Å²) in [6.45, 7) is 1.81. The molecule has 0 fully saturated rings. The van der Waals surface area contributed by atoms with E-state index < -0.39 is 11.6 Å². The predicted octanol–water partition coefficient (Wildman–Crippen LogP) is 3.52. The molecule has 6 heteroatoms. The number of nitrogens with two attached hydrogens (primary N) is 1. The molecule has 2 aromatic carbocycles. The normalized spacial score (nSPS) is 11.7. The third kappa shape index (κ3) is 2.91. The van der Waals surface area contributed by atoms with Gasteiger partial charge in [-0.1, -0.05) is 29.1 Å². The average molecular weight is 294 g/mol. The second-order valence-electron chi connectivity index (χ2n) is 4.11. The Morgan fingerprint density at radius 2 is 2.00 bits per heavy atom. The van der Waals surface area contributed by atoms with Crippen molar-refractivity contribution in [2.75, 3.05) is 0 Å². The van der Waals surface area contributed by atoms with Gasteiger partial charge in [-0.05, 0) is 36.8 Å². The zero-order chi connectivity index (χ0) is 14.7. The molecule has 0 bridgehead atoms. The molecule has 2 rings (SSSR count). The fourth-order valence-corrected chi connectivity index (χ4v) is 2.78. The lowest BCUT2D eigenvalue weighted by Crippen LogP contribution is -2.14. The Hall–Kier alpha value is -2.08. The van der Waals surface area contributed by atoms with Gasteiger partial charge in [0.05, 0.1) is 4.90 Å². The summed E-state index contributed by atoms with van der Waals surface area (Å²) in [6, 6.07) is 8.45. The minimum absolute atomic E-state index is 0.0759. The summed E-state index contributed by atoms with van der Waals surface area (Å²) in [5, 5.41) is 11.7. The molecule has 0 aliphatic carbocycles. The molecule has 0 radical (unpaired) electrons. The van der Waals surface area contributed by atoms with Gasteiger partial charge in [-0.25, -0.2) is 8.78 Å². The van der Waals surface area contributed by atoms with Gasteiger partial charge in [0, 0.05) is 10.5 Å². The van der Waals surface area contributed by atoms with Crippen LogP contribution < -0.4 is 5.73 Å². The van der Waals surface area contributed by atoms with Crippen LogP contribution in [0.15, 0.2) is 51.3 Å². The summed E-state index contributed by atoms with van der Waals surface area (Å²) in [7, 11) is 0. The number of hydrogen-bond acceptors (Lipinski definition) is 3. The molecule has 3 N–H and O–H groups in total. The molecule has 20 heavy (non-hydrogen) atoms. The molecule has 0 saturated heterocycles. The molecule has 0 aliphatic heterocycles. The molecule has 0 saturated carbocycles. The lowest BCUT2D eigenvalue weighted by Gasteiger charge is -2.11. The topological polar surface area (TPSA) is 58.6 Å². The third-order valence-electron chi connectivity index (χ3n) is 2.70. The Balaban J connectivity index is 2.50. The highest BCUT2D eigenvalue weighted by molar-refractivity contribution is 7.99. The third-order valence-corrected chi connectivity index (χ3v) is 3.98. The SMILES string of the molecule is Cc1cccc(/C(N)=N/O)c1Sc1cc(F)ccc1F. The number of aryl methyl sites for hydroxylation is 1. The van der Waals surface area contributed by atoms with E-state index in [1.165, 1.54) is 0 Å². The molecular formula is C14H12F2N2OS. The van der Waals surface area contributed by atoms with Crippen LogP contribution in [0.3, 0.4) is 0 Å². The van der Waals surface area contributed by atoms with E-state index in [4.69, 9.17) is 10.9 Å². The van der Waals surface area contributed by atoms with Crippen LogP contribution >= 0.6 is 11.8 Å². The maximum atomic E-state index is 13.7. The minimum Gasteiger partial charge on any atom is -0.409 e. The molecule has 0 amide bonds. The number of rotatable bonds is 3. The van der Waals surface area contributed by atoms with Crippen molar-refractivity contribution in [1.29, 1.82) is 0 Å². The van der Waals surface area contributed by atoms with Crippen molar-refractivity contribution in [2.45, 2.75) is 16.7 Å². The van der Waals surface area contributed by atoms with Crippen molar-refractivity contribution in [1.82, 2.24) is 0 Å². The van der Waals surface area contributed by atoms with Gasteiger partial charge in [0.1, 0.15) is 11.6 Å². The first kappa shape index (κ1) is 14.3. The molecule has 0 heterocycles. The first-order valence-corrected chi connectivity index (χ1v) is 6.55. The number of amidine groups is 1. The van der Waals surface area contributed by atoms with E-state index in [0.717, 1.165) is 35.5 Å². The van der Waals surface area contributed by atoms with Gasteiger partial charge in [-0.15, -0.1) is 0 Å². The van der Waals surface area contributed by atoms with Crippen molar-refractivity contribution in [3.8, 4) is 0 Å². The summed E-state index contributed by atoms with van der Waals surface area (Å²) >= 11 is 1.04. The summed E-state index contributed by atoms with van der Waals surface area (Å²) in [5.41, 5.74) is 6.90. The van der Waals surface area contributed by atoms with Crippen LogP contribution in [0.4, 0.5) is 8.78 Å². The Bertz CT molecular complexity index is 674. The van der Waals surface area contributed by atoms with E-state index in [-0.39, 0.29) is 10.7 Å². The predicted molar refractivity (Wildman–Crippen MR) is 74.2 cm³/mol. The molecule has 0 atom stereocenters. The molecule has 104 valence electrons. The summed E-state index contributed by atoms with van der Waals surface area (Å²) < 4.78 is 26.9. The molecule has 3 nitrogen and oxygen atoms in total. The molecule has 0 spiro atoms. The molecule has 0 aliphatic rings. The highest BCUT2D eigenvalue weighted by atomic mass is 32.2. The van der Waals surface area contributed by atoms with E-state index >= 15 is 0 Å². The first-order chi connectivity index (χ1) is 9.52. The van der Waals surface area contributed by atoms with E-state index in [1.807, 2.05) is 13.0 Å². The lowest BCUT2D eigenvalue weighted by atomic mass is 10.1. The molecule has 0 aromatic heterocycles. The maximum absolute atomic E-state index is 13.7. The van der Waals surface area contributed by atoms with Crippen molar-refractivity contribution in [2.24, 2.45) is 10.9 Å². The van der Waals surface area contributed by atoms with E-state index in [9.17, 15) is 8.78 Å². The second kappa shape index (κ2) is 5.92. The highest BCUT2D eigenvalue weighted by Crippen LogP contribution is 2.35. The number of hydrogen-bond donors (Lipinski definition) is 2. The van der Waals surface area contributed by atoms with Gasteiger partial charge in [-0.2, -0.15) is 0 Å². The fourth-order valence-electron chi connectivity index (χ4n) is 1.71. The van der Waals surface area contributed by atoms with Crippen LogP contribution in [0.5, 0.6) is 0 Å². The average Bonchev–Trinajstić information content (AvgIpc) is 2.44. The van der Waals surface area contributed by atoms with Crippen LogP contribution in [-0.4, -0.2) is 11.0 Å². The van der Waals surface area contributed by atoms with Gasteiger partial charge in [-0.3, -0.25) is 0 Å². The van der Waals surface area contributed by atoms with Crippen LogP contribution in [0.2, 0.25) is 0 Å². The summed E-state index contributed by atoms with van der Waals surface area (Å²) in [6.07, 6.45) is 0. The zero-order valence-corrected chi connectivity index (χ0v) is 11.4. The number of benzene rings is 2. The van der Waals surface area contributed by atoms with E-state index in [2.05, 4.69) is 5.16 Å². The Labute approximate surface area is 119 Å². The smallest absolute Gasteiger partial charge is 0.171 e. The Kier molecular flexibility index (Phi) is 4.24. The second-order valence-corrected chi connectivity index (χ2v) is 5.17. The first-order valence-electron chi connectivity index (χ1n) is 5.73. The van der Waals surface area contributed by atoms with Gasteiger partial charge in [0.15, 0.2) is 5.84 Å². The number of nitrogens with zero attached hydrogens (tertiary/aromatic N) is 1. The van der Waals surface area contributed by atoms with Gasteiger partial charge >= 0.3 is 0 Å². The minimum atomic E-state index is -0.523. The summed E-state index contributed by atoms with van der Waals surface area (Å²) in [5.74, 6) is -1.12. The van der Waals surface area contributed by atoms with E-state index in [0.29, 0.717) is 10.5 Å². The molecule has 0 unspecified atom stereocenters. The van der Waals surface area contributed by atoms with Gasteiger partial charge in [0.2, 0.25) is 0 Å². The fraction of sp³-hybridized carbons (Fsp3) is 0.0714. The standard InChI is InChI=1S/C14H12F2N2OS/c1-8-3-2-4-10(14(17)18-19)13(8)20-12-7-9(15)5-6-11(12)16/h2-7,19H,1H3,(H2,17,18). The van der Waals surface area contributed by atoms with Crippen LogP contribution in [-0.2, 0) is 0 Å². The van der Waals surface area contributed by atoms with Crippen molar-refractivity contribution in [3.05, 3.63) is 59.2 Å². The lowest BCUT2D eigenvalue weighted by molar-refractivity contribution is 0.318. The zero-order valence-electron chi connectivity index (χ0n) is 10.6. The van der Waals surface area contributed by atoms with Crippen molar-refractivity contribution >= 4 is 17.6 Å². The van der Waals surface area contributed by atoms with Crippen molar-refractivity contribution < 1.29 is 14.0 Å². The quantitative estimate of drug-likeness (QED) is 0.394. The number of halogens is 2.